The lowest BCUT2D eigenvalue weighted by atomic mass is 10.0. The summed E-state index contributed by atoms with van der Waals surface area (Å²) in [7, 11) is 1.36. The zero-order valence-electron chi connectivity index (χ0n) is 14.0. The Kier molecular flexibility index (Phi) is 7.45. The molecule has 25 heavy (non-hydrogen) atoms. The summed E-state index contributed by atoms with van der Waals surface area (Å²) in [4.78, 5) is 58.4. The molecule has 134 valence electrons. The summed E-state index contributed by atoms with van der Waals surface area (Å²) < 4.78 is 0. The first-order valence-electron chi connectivity index (χ1n) is 7.60. The van der Waals surface area contributed by atoms with Crippen molar-refractivity contribution < 1.29 is 29.1 Å². The second-order valence-electron chi connectivity index (χ2n) is 5.41. The minimum Gasteiger partial charge on any atom is -0.481 e. The zero-order chi connectivity index (χ0) is 19.0. The van der Waals surface area contributed by atoms with Crippen LogP contribution in [0, 0.1) is 6.92 Å². The first kappa shape index (κ1) is 20.0. The Morgan fingerprint density at radius 2 is 1.96 bits per heavy atom. The summed E-state index contributed by atoms with van der Waals surface area (Å²) in [5, 5.41) is 11.2. The molecule has 0 bridgehead atoms. The third-order valence-electron chi connectivity index (χ3n) is 3.68. The van der Waals surface area contributed by atoms with Gasteiger partial charge < -0.3 is 15.2 Å². The quantitative estimate of drug-likeness (QED) is 0.620. The lowest BCUT2D eigenvalue weighted by molar-refractivity contribution is -0.136. The van der Waals surface area contributed by atoms with E-state index in [1.165, 1.54) is 13.1 Å². The number of hydrogen-bond acceptors (Lipinski definition) is 5. The topological polar surface area (TPSA) is 121 Å². The van der Waals surface area contributed by atoms with E-state index in [4.69, 9.17) is 5.11 Å². The van der Waals surface area contributed by atoms with Crippen molar-refractivity contribution in [2.75, 3.05) is 7.05 Å². The summed E-state index contributed by atoms with van der Waals surface area (Å²) in [6.07, 6.45) is 0.583. The molecule has 0 saturated carbocycles. The van der Waals surface area contributed by atoms with Crippen LogP contribution in [0.5, 0.6) is 0 Å². The maximum atomic E-state index is 12.7. The number of aliphatic carboxylic acids is 1. The van der Waals surface area contributed by atoms with Gasteiger partial charge >= 0.3 is 5.97 Å². The van der Waals surface area contributed by atoms with E-state index in [0.29, 0.717) is 17.4 Å². The SMILES string of the molecule is CNC(=O)C(CCC=O)N(C=O)C(=O)c1cc(CC(=O)O)ccc1C. The predicted molar refractivity (Wildman–Crippen MR) is 87.9 cm³/mol. The van der Waals surface area contributed by atoms with Gasteiger partial charge in [-0.1, -0.05) is 12.1 Å². The molecule has 8 nitrogen and oxygen atoms in total. The zero-order valence-corrected chi connectivity index (χ0v) is 14.0. The van der Waals surface area contributed by atoms with Gasteiger partial charge in [-0.25, -0.2) is 0 Å². The van der Waals surface area contributed by atoms with Crippen molar-refractivity contribution in [3.05, 3.63) is 34.9 Å². The Morgan fingerprint density at radius 3 is 2.48 bits per heavy atom. The van der Waals surface area contributed by atoms with E-state index in [-0.39, 0.29) is 31.2 Å². The lowest BCUT2D eigenvalue weighted by Crippen LogP contribution is -2.48. The Bertz CT molecular complexity index is 686. The van der Waals surface area contributed by atoms with Gasteiger partial charge in [0.25, 0.3) is 5.91 Å². The van der Waals surface area contributed by atoms with E-state index in [1.54, 1.807) is 19.1 Å². The summed E-state index contributed by atoms with van der Waals surface area (Å²) in [6, 6.07) is 3.42. The number of aryl methyl sites for hydroxylation is 1. The summed E-state index contributed by atoms with van der Waals surface area (Å²) in [5.74, 6) is -2.34. The Hall–Kier alpha value is -3.03. The van der Waals surface area contributed by atoms with Gasteiger partial charge in [-0.3, -0.25) is 24.1 Å². The number of hydrogen-bond donors (Lipinski definition) is 2. The molecule has 3 amide bonds. The Morgan fingerprint density at radius 1 is 1.28 bits per heavy atom. The molecule has 0 spiro atoms. The molecule has 1 aromatic carbocycles. The van der Waals surface area contributed by atoms with Crippen molar-refractivity contribution in [2.24, 2.45) is 0 Å². The van der Waals surface area contributed by atoms with Crippen LogP contribution in [0.1, 0.15) is 34.3 Å². The second-order valence-corrected chi connectivity index (χ2v) is 5.41. The van der Waals surface area contributed by atoms with Crippen LogP contribution in [0.15, 0.2) is 18.2 Å². The highest BCUT2D eigenvalue weighted by Crippen LogP contribution is 2.17. The maximum Gasteiger partial charge on any atom is 0.307 e. The number of imide groups is 1. The van der Waals surface area contributed by atoms with E-state index in [1.807, 2.05) is 0 Å². The normalized spacial score (nSPS) is 11.3. The molecule has 0 heterocycles. The fourth-order valence-corrected chi connectivity index (χ4v) is 2.38. The fourth-order valence-electron chi connectivity index (χ4n) is 2.38. The van der Waals surface area contributed by atoms with E-state index in [2.05, 4.69) is 5.32 Å². The van der Waals surface area contributed by atoms with Crippen LogP contribution in [0.25, 0.3) is 0 Å². The molecule has 1 aromatic rings. The number of carbonyl (C=O) groups excluding carboxylic acids is 4. The Balaban J connectivity index is 3.22. The highest BCUT2D eigenvalue weighted by molar-refractivity contribution is 6.04. The Labute approximate surface area is 144 Å². The van der Waals surface area contributed by atoms with Crippen molar-refractivity contribution >= 4 is 30.5 Å². The van der Waals surface area contributed by atoms with Crippen molar-refractivity contribution in [2.45, 2.75) is 32.2 Å². The molecule has 0 fully saturated rings. The number of carboxylic acid groups (broad SMARTS) is 1. The number of nitrogens with one attached hydrogen (secondary N) is 1. The van der Waals surface area contributed by atoms with Crippen LogP contribution in [-0.4, -0.2) is 53.6 Å². The van der Waals surface area contributed by atoms with E-state index < -0.39 is 23.8 Å². The number of rotatable bonds is 9. The standard InChI is InChI=1S/C17H20N2O6/c1-11-5-6-12(9-15(22)23)8-13(11)17(25)19(10-21)14(4-3-7-20)16(24)18-2/h5-8,10,14H,3-4,9H2,1-2H3,(H,18,24)(H,22,23). The molecule has 2 N–H and O–H groups in total. The monoisotopic (exact) mass is 348 g/mol. The van der Waals surface area contributed by atoms with Crippen LogP contribution in [0.4, 0.5) is 0 Å². The molecule has 0 aliphatic carbocycles. The first-order valence-corrected chi connectivity index (χ1v) is 7.60. The largest absolute Gasteiger partial charge is 0.481 e. The lowest BCUT2D eigenvalue weighted by Gasteiger charge is -2.25. The van der Waals surface area contributed by atoms with Gasteiger partial charge in [0.2, 0.25) is 12.3 Å². The summed E-state index contributed by atoms with van der Waals surface area (Å²) >= 11 is 0. The van der Waals surface area contributed by atoms with Crippen molar-refractivity contribution in [1.82, 2.24) is 10.2 Å². The van der Waals surface area contributed by atoms with Crippen LogP contribution >= 0.6 is 0 Å². The van der Waals surface area contributed by atoms with Crippen molar-refractivity contribution in [3.8, 4) is 0 Å². The van der Waals surface area contributed by atoms with E-state index in [9.17, 15) is 24.0 Å². The van der Waals surface area contributed by atoms with Gasteiger partial charge in [0.15, 0.2) is 0 Å². The minimum atomic E-state index is -1.12. The summed E-state index contributed by atoms with van der Waals surface area (Å²) in [6.45, 7) is 1.64. The van der Waals surface area contributed by atoms with E-state index >= 15 is 0 Å². The van der Waals surface area contributed by atoms with Gasteiger partial charge in [0.05, 0.1) is 6.42 Å². The van der Waals surface area contributed by atoms with Crippen LogP contribution in [0.3, 0.4) is 0 Å². The number of benzene rings is 1. The molecular weight excluding hydrogens is 328 g/mol. The van der Waals surface area contributed by atoms with Gasteiger partial charge in [0, 0.05) is 19.0 Å². The molecule has 1 unspecified atom stereocenters. The molecule has 0 aliphatic rings. The smallest absolute Gasteiger partial charge is 0.307 e. The van der Waals surface area contributed by atoms with Gasteiger partial charge in [0.1, 0.15) is 12.3 Å². The highest BCUT2D eigenvalue weighted by Gasteiger charge is 2.30. The maximum absolute atomic E-state index is 12.7. The number of likely N-dealkylation sites (N-methyl/N-ethyl adjacent to an activating group) is 1. The van der Waals surface area contributed by atoms with Crippen LogP contribution in [0.2, 0.25) is 0 Å². The van der Waals surface area contributed by atoms with Crippen molar-refractivity contribution in [1.29, 1.82) is 0 Å². The number of carbonyl (C=O) groups is 5. The molecule has 1 rings (SSSR count). The number of carboxylic acids is 1. The van der Waals surface area contributed by atoms with Gasteiger partial charge in [-0.15, -0.1) is 0 Å². The van der Waals surface area contributed by atoms with Crippen LogP contribution < -0.4 is 5.32 Å². The second kappa shape index (κ2) is 9.31. The van der Waals surface area contributed by atoms with Gasteiger partial charge in [-0.2, -0.15) is 0 Å². The summed E-state index contributed by atoms with van der Waals surface area (Å²) in [5.41, 5.74) is 1.07. The molecule has 0 aliphatic heterocycles. The molecule has 0 aromatic heterocycles. The predicted octanol–water partition coefficient (Wildman–Crippen LogP) is 0.314. The molecule has 8 heteroatoms. The van der Waals surface area contributed by atoms with Crippen molar-refractivity contribution in [3.63, 3.8) is 0 Å². The van der Waals surface area contributed by atoms with E-state index in [0.717, 1.165) is 4.90 Å². The molecular formula is C17H20N2O6. The first-order chi connectivity index (χ1) is 11.8. The molecule has 1 atom stereocenters. The average Bonchev–Trinajstić information content (AvgIpc) is 2.58. The molecule has 0 saturated heterocycles. The average molecular weight is 348 g/mol. The third-order valence-corrected chi connectivity index (χ3v) is 3.68. The molecule has 0 radical (unpaired) electrons. The number of amides is 3. The van der Waals surface area contributed by atoms with Gasteiger partial charge in [-0.05, 0) is 30.5 Å². The van der Waals surface area contributed by atoms with Crippen LogP contribution in [-0.2, 0) is 25.6 Å². The number of aldehydes is 1. The number of nitrogens with zero attached hydrogens (tertiary/aromatic N) is 1. The third kappa shape index (κ3) is 5.23. The minimum absolute atomic E-state index is 0.00151. The highest BCUT2D eigenvalue weighted by atomic mass is 16.4. The fraction of sp³-hybridized carbons (Fsp3) is 0.353.